The zero-order valence-corrected chi connectivity index (χ0v) is 10.0. The van der Waals surface area contributed by atoms with Crippen LogP contribution in [0.5, 0.6) is 0 Å². The molecule has 0 radical (unpaired) electrons. The molecule has 1 unspecified atom stereocenters. The van der Waals surface area contributed by atoms with Gasteiger partial charge in [0, 0.05) is 0 Å². The van der Waals surface area contributed by atoms with Crippen molar-refractivity contribution in [3.8, 4) is 0 Å². The van der Waals surface area contributed by atoms with Gasteiger partial charge in [-0.2, -0.15) is 0 Å². The van der Waals surface area contributed by atoms with Gasteiger partial charge in [-0.25, -0.2) is 0 Å². The fourth-order valence-corrected chi connectivity index (χ4v) is 1.47. The highest BCUT2D eigenvalue weighted by atomic mass is 35.5. The average molecular weight is 181 g/mol. The van der Waals surface area contributed by atoms with Crippen LogP contribution in [0.1, 0.15) is 33.6 Å². The minimum atomic E-state index is -0.121. The second-order valence-electron chi connectivity index (χ2n) is 3.06. The smallest absolute Gasteiger partial charge is 0.146 e. The Bertz CT molecular complexity index is 95.6. The Morgan fingerprint density at radius 3 is 2.40 bits per heavy atom. The van der Waals surface area contributed by atoms with E-state index in [-0.39, 0.29) is 11.0 Å². The third-order valence-corrected chi connectivity index (χ3v) is 3.62. The Morgan fingerprint density at radius 2 is 2.10 bits per heavy atom. The van der Waals surface area contributed by atoms with Gasteiger partial charge in [-0.05, 0) is 20.3 Å². The maximum Gasteiger partial charge on any atom is 0.146 e. The van der Waals surface area contributed by atoms with Crippen molar-refractivity contribution in [2.24, 2.45) is 0 Å². The molecule has 0 spiro atoms. The average Bonchev–Trinajstić information content (AvgIpc) is 1.89. The van der Waals surface area contributed by atoms with Crippen LogP contribution in [0.25, 0.3) is 0 Å². The molecule has 0 aliphatic rings. The fraction of sp³-hybridized carbons (Fsp3) is 1.00. The lowest BCUT2D eigenvalue weighted by Crippen LogP contribution is -2.34. The standard InChI is InChI=1S/C7H17ClOSi/c1-4-5-6(8)7(2,3)9-10/h6H,4-5H2,1-3,10H3. The first kappa shape index (κ1) is 10.5. The largest absolute Gasteiger partial charge is 0.422 e. The second kappa shape index (κ2) is 4.37. The van der Waals surface area contributed by atoms with Crippen molar-refractivity contribution in [2.45, 2.75) is 44.6 Å². The molecule has 0 bridgehead atoms. The van der Waals surface area contributed by atoms with E-state index in [0.717, 1.165) is 23.3 Å². The molecule has 1 nitrogen and oxygen atoms in total. The quantitative estimate of drug-likeness (QED) is 0.471. The van der Waals surface area contributed by atoms with E-state index < -0.39 is 0 Å². The highest BCUT2D eigenvalue weighted by Crippen LogP contribution is 2.22. The van der Waals surface area contributed by atoms with Crippen molar-refractivity contribution in [2.75, 3.05) is 0 Å². The van der Waals surface area contributed by atoms with Crippen LogP contribution >= 0.6 is 11.6 Å². The molecule has 0 heterocycles. The van der Waals surface area contributed by atoms with Gasteiger partial charge in [0.15, 0.2) is 0 Å². The van der Waals surface area contributed by atoms with Crippen LogP contribution in [0.15, 0.2) is 0 Å². The summed E-state index contributed by atoms with van der Waals surface area (Å²) in [5.41, 5.74) is -0.121. The van der Waals surface area contributed by atoms with Gasteiger partial charge < -0.3 is 4.43 Å². The van der Waals surface area contributed by atoms with E-state index >= 15 is 0 Å². The molecule has 0 N–H and O–H groups in total. The summed E-state index contributed by atoms with van der Waals surface area (Å²) >= 11 is 6.07. The number of hydrogen-bond acceptors (Lipinski definition) is 1. The summed E-state index contributed by atoms with van der Waals surface area (Å²) in [6, 6.07) is 0. The van der Waals surface area contributed by atoms with Crippen LogP contribution in [0.4, 0.5) is 0 Å². The van der Waals surface area contributed by atoms with Crippen LogP contribution in [-0.2, 0) is 4.43 Å². The summed E-state index contributed by atoms with van der Waals surface area (Å²) in [5, 5.41) is 0.162. The molecule has 0 amide bonds. The van der Waals surface area contributed by atoms with Crippen molar-refractivity contribution in [3.63, 3.8) is 0 Å². The lowest BCUT2D eigenvalue weighted by Gasteiger charge is -2.28. The molecule has 0 aliphatic carbocycles. The van der Waals surface area contributed by atoms with Crippen LogP contribution < -0.4 is 0 Å². The molecule has 0 aromatic heterocycles. The van der Waals surface area contributed by atoms with Crippen LogP contribution in [0.3, 0.4) is 0 Å². The lowest BCUT2D eigenvalue weighted by atomic mass is 10.0. The molecular weight excluding hydrogens is 164 g/mol. The van der Waals surface area contributed by atoms with Crippen LogP contribution in [0.2, 0.25) is 0 Å². The number of hydrogen-bond donors (Lipinski definition) is 0. The molecule has 0 saturated heterocycles. The van der Waals surface area contributed by atoms with Gasteiger partial charge in [-0.15, -0.1) is 11.6 Å². The molecule has 62 valence electrons. The molecule has 0 saturated carbocycles. The topological polar surface area (TPSA) is 9.23 Å². The molecule has 0 fully saturated rings. The minimum Gasteiger partial charge on any atom is -0.422 e. The first-order chi connectivity index (χ1) is 4.54. The number of alkyl halides is 1. The van der Waals surface area contributed by atoms with Gasteiger partial charge in [0.05, 0.1) is 11.0 Å². The first-order valence-electron chi connectivity index (χ1n) is 3.73. The zero-order chi connectivity index (χ0) is 8.20. The monoisotopic (exact) mass is 180 g/mol. The normalized spacial score (nSPS) is 15.6. The maximum atomic E-state index is 6.07. The van der Waals surface area contributed by atoms with Gasteiger partial charge in [-0.3, -0.25) is 0 Å². The van der Waals surface area contributed by atoms with Crippen molar-refractivity contribution in [3.05, 3.63) is 0 Å². The Labute approximate surface area is 71.6 Å². The van der Waals surface area contributed by atoms with E-state index in [2.05, 4.69) is 6.92 Å². The Balaban J connectivity index is 3.78. The summed E-state index contributed by atoms with van der Waals surface area (Å²) in [6.45, 7) is 6.24. The summed E-state index contributed by atoms with van der Waals surface area (Å²) in [7, 11) is 0.768. The molecule has 0 rings (SSSR count). The van der Waals surface area contributed by atoms with Gasteiger partial charge in [0.2, 0.25) is 0 Å². The third-order valence-electron chi connectivity index (χ3n) is 1.82. The SMILES string of the molecule is CCCC(Cl)C(C)(C)O[SiH3]. The Morgan fingerprint density at radius 1 is 1.60 bits per heavy atom. The first-order valence-corrected chi connectivity index (χ1v) is 4.99. The van der Waals surface area contributed by atoms with E-state index in [1.807, 2.05) is 13.8 Å². The van der Waals surface area contributed by atoms with Crippen molar-refractivity contribution >= 4 is 22.1 Å². The van der Waals surface area contributed by atoms with E-state index in [0.29, 0.717) is 0 Å². The predicted molar refractivity (Wildman–Crippen MR) is 49.7 cm³/mol. The minimum absolute atomic E-state index is 0.121. The van der Waals surface area contributed by atoms with E-state index in [9.17, 15) is 0 Å². The molecule has 10 heavy (non-hydrogen) atoms. The molecule has 1 atom stereocenters. The van der Waals surface area contributed by atoms with Crippen molar-refractivity contribution in [1.82, 2.24) is 0 Å². The zero-order valence-electron chi connectivity index (χ0n) is 7.28. The fourth-order valence-electron chi connectivity index (χ4n) is 0.729. The summed E-state index contributed by atoms with van der Waals surface area (Å²) < 4.78 is 5.36. The predicted octanol–water partition coefficient (Wildman–Crippen LogP) is 1.47. The van der Waals surface area contributed by atoms with Gasteiger partial charge in [-0.1, -0.05) is 13.3 Å². The number of halogens is 1. The number of rotatable bonds is 4. The second-order valence-corrected chi connectivity index (χ2v) is 4.00. The lowest BCUT2D eigenvalue weighted by molar-refractivity contribution is 0.114. The van der Waals surface area contributed by atoms with E-state index in [4.69, 9.17) is 16.0 Å². The summed E-state index contributed by atoms with van der Waals surface area (Å²) in [5.74, 6) is 0. The van der Waals surface area contributed by atoms with Crippen molar-refractivity contribution < 1.29 is 4.43 Å². The van der Waals surface area contributed by atoms with Gasteiger partial charge in [0.25, 0.3) is 0 Å². The maximum absolute atomic E-state index is 6.07. The van der Waals surface area contributed by atoms with E-state index in [1.54, 1.807) is 0 Å². The summed E-state index contributed by atoms with van der Waals surface area (Å²) in [4.78, 5) is 0. The molecule has 0 aliphatic heterocycles. The highest BCUT2D eigenvalue weighted by molar-refractivity contribution is 6.21. The third kappa shape index (κ3) is 3.04. The molecule has 0 aromatic carbocycles. The van der Waals surface area contributed by atoms with Crippen LogP contribution in [0, 0.1) is 0 Å². The Kier molecular flexibility index (Phi) is 4.57. The Hall–Kier alpha value is 0.467. The van der Waals surface area contributed by atoms with E-state index in [1.165, 1.54) is 0 Å². The van der Waals surface area contributed by atoms with Gasteiger partial charge in [0.1, 0.15) is 10.5 Å². The van der Waals surface area contributed by atoms with Crippen LogP contribution in [-0.4, -0.2) is 21.5 Å². The molecular formula is C7H17ClOSi. The highest BCUT2D eigenvalue weighted by Gasteiger charge is 2.25. The molecule has 3 heteroatoms. The van der Waals surface area contributed by atoms with Crippen molar-refractivity contribution in [1.29, 1.82) is 0 Å². The van der Waals surface area contributed by atoms with Gasteiger partial charge >= 0.3 is 0 Å². The molecule has 0 aromatic rings. The summed E-state index contributed by atoms with van der Waals surface area (Å²) in [6.07, 6.45) is 2.17.